The third-order valence-corrected chi connectivity index (χ3v) is 4.84. The van der Waals surface area contributed by atoms with Crippen molar-refractivity contribution in [1.82, 2.24) is 5.32 Å². The standard InChI is InChI=1S/C19H19FN2O3S/c20-14-6-2-3-7-16(14)22-19(24)12-26-11-18(23)21-15-9-10-25-17-8-4-1-5-13(15)17/h1-8,15H,9-12H2,(H,21,23)(H,22,24)/t15-/m1/s1. The first-order valence-corrected chi connectivity index (χ1v) is 9.42. The van der Waals surface area contributed by atoms with Crippen molar-refractivity contribution in [2.45, 2.75) is 12.5 Å². The van der Waals surface area contributed by atoms with E-state index in [-0.39, 0.29) is 35.0 Å². The smallest absolute Gasteiger partial charge is 0.234 e. The number of carbonyl (C=O) groups is 2. The summed E-state index contributed by atoms with van der Waals surface area (Å²) in [6, 6.07) is 13.5. The van der Waals surface area contributed by atoms with E-state index in [1.807, 2.05) is 24.3 Å². The lowest BCUT2D eigenvalue weighted by Gasteiger charge is -2.26. The Morgan fingerprint density at radius 3 is 2.65 bits per heavy atom. The van der Waals surface area contributed by atoms with Crippen LogP contribution in [0, 0.1) is 5.82 Å². The van der Waals surface area contributed by atoms with Crippen LogP contribution in [-0.2, 0) is 9.59 Å². The Morgan fingerprint density at radius 2 is 1.81 bits per heavy atom. The van der Waals surface area contributed by atoms with Gasteiger partial charge in [-0.2, -0.15) is 0 Å². The van der Waals surface area contributed by atoms with Crippen LogP contribution < -0.4 is 15.4 Å². The first-order chi connectivity index (χ1) is 12.6. The van der Waals surface area contributed by atoms with Gasteiger partial charge < -0.3 is 15.4 Å². The van der Waals surface area contributed by atoms with E-state index < -0.39 is 5.82 Å². The van der Waals surface area contributed by atoms with Gasteiger partial charge in [-0.15, -0.1) is 11.8 Å². The average molecular weight is 374 g/mol. The summed E-state index contributed by atoms with van der Waals surface area (Å²) in [7, 11) is 0. The minimum Gasteiger partial charge on any atom is -0.493 e. The van der Waals surface area contributed by atoms with Crippen LogP contribution in [-0.4, -0.2) is 29.9 Å². The van der Waals surface area contributed by atoms with Crippen molar-refractivity contribution in [3.05, 3.63) is 59.9 Å². The van der Waals surface area contributed by atoms with E-state index in [2.05, 4.69) is 10.6 Å². The molecule has 0 fully saturated rings. The molecular formula is C19H19FN2O3S. The molecule has 7 heteroatoms. The normalized spacial score (nSPS) is 15.5. The SMILES string of the molecule is O=C(CSCC(=O)N[C@@H]1CCOc2ccccc21)Nc1ccccc1F. The molecule has 2 aromatic carbocycles. The summed E-state index contributed by atoms with van der Waals surface area (Å²) in [5.41, 5.74) is 1.11. The van der Waals surface area contributed by atoms with Gasteiger partial charge in [-0.05, 0) is 18.2 Å². The minimum absolute atomic E-state index is 0.0755. The van der Waals surface area contributed by atoms with Gasteiger partial charge in [0.05, 0.1) is 29.8 Å². The van der Waals surface area contributed by atoms with Crippen molar-refractivity contribution in [1.29, 1.82) is 0 Å². The number of halogens is 1. The molecule has 1 aliphatic rings. The highest BCUT2D eigenvalue weighted by Gasteiger charge is 2.22. The van der Waals surface area contributed by atoms with Gasteiger partial charge in [0.25, 0.3) is 0 Å². The van der Waals surface area contributed by atoms with E-state index in [4.69, 9.17) is 4.74 Å². The van der Waals surface area contributed by atoms with Crippen molar-refractivity contribution in [3.8, 4) is 5.75 Å². The van der Waals surface area contributed by atoms with E-state index in [1.54, 1.807) is 12.1 Å². The number of carbonyl (C=O) groups excluding carboxylic acids is 2. The predicted octanol–water partition coefficient (Wildman–Crippen LogP) is 3.14. The lowest BCUT2D eigenvalue weighted by atomic mass is 10.0. The maximum atomic E-state index is 13.5. The highest BCUT2D eigenvalue weighted by molar-refractivity contribution is 8.00. The number of para-hydroxylation sites is 2. The molecule has 2 N–H and O–H groups in total. The third-order valence-electron chi connectivity index (χ3n) is 3.91. The van der Waals surface area contributed by atoms with Gasteiger partial charge in [-0.25, -0.2) is 4.39 Å². The number of ether oxygens (including phenoxy) is 1. The summed E-state index contributed by atoms with van der Waals surface area (Å²) in [4.78, 5) is 24.0. The molecule has 5 nitrogen and oxygen atoms in total. The molecule has 1 heterocycles. The van der Waals surface area contributed by atoms with Gasteiger partial charge in [0, 0.05) is 12.0 Å². The van der Waals surface area contributed by atoms with Gasteiger partial charge in [-0.3, -0.25) is 9.59 Å². The van der Waals surface area contributed by atoms with Gasteiger partial charge in [-0.1, -0.05) is 30.3 Å². The van der Waals surface area contributed by atoms with Crippen LogP contribution in [0.25, 0.3) is 0 Å². The first-order valence-electron chi connectivity index (χ1n) is 8.26. The molecule has 3 rings (SSSR count). The average Bonchev–Trinajstić information content (AvgIpc) is 2.64. The number of fused-ring (bicyclic) bond motifs is 1. The van der Waals surface area contributed by atoms with Crippen molar-refractivity contribution < 1.29 is 18.7 Å². The Bertz CT molecular complexity index is 800. The summed E-state index contributed by atoms with van der Waals surface area (Å²) in [5, 5.41) is 5.47. The number of benzene rings is 2. The monoisotopic (exact) mass is 374 g/mol. The van der Waals surface area contributed by atoms with Gasteiger partial charge in [0.1, 0.15) is 11.6 Å². The molecule has 1 atom stereocenters. The fourth-order valence-corrected chi connectivity index (χ4v) is 3.34. The second-order valence-electron chi connectivity index (χ2n) is 5.82. The molecule has 0 radical (unpaired) electrons. The quantitative estimate of drug-likeness (QED) is 0.815. The van der Waals surface area contributed by atoms with E-state index in [0.717, 1.165) is 11.3 Å². The topological polar surface area (TPSA) is 67.4 Å². The molecule has 26 heavy (non-hydrogen) atoms. The third kappa shape index (κ3) is 4.76. The van der Waals surface area contributed by atoms with Crippen molar-refractivity contribution in [2.24, 2.45) is 0 Å². The van der Waals surface area contributed by atoms with E-state index in [9.17, 15) is 14.0 Å². The van der Waals surface area contributed by atoms with Gasteiger partial charge >= 0.3 is 0 Å². The zero-order valence-corrected chi connectivity index (χ0v) is 14.9. The number of thioether (sulfide) groups is 1. The van der Waals surface area contributed by atoms with E-state index >= 15 is 0 Å². The summed E-state index contributed by atoms with van der Waals surface area (Å²) in [6.45, 7) is 0.556. The molecule has 2 amide bonds. The van der Waals surface area contributed by atoms with Crippen molar-refractivity contribution in [2.75, 3.05) is 23.4 Å². The van der Waals surface area contributed by atoms with Crippen molar-refractivity contribution >= 4 is 29.3 Å². The molecule has 0 saturated heterocycles. The Morgan fingerprint density at radius 1 is 1.08 bits per heavy atom. The first kappa shape index (κ1) is 18.3. The molecule has 0 bridgehead atoms. The number of hydrogen-bond acceptors (Lipinski definition) is 4. The predicted molar refractivity (Wildman–Crippen MR) is 99.8 cm³/mol. The Hall–Kier alpha value is -2.54. The van der Waals surface area contributed by atoms with Crippen LogP contribution in [0.2, 0.25) is 0 Å². The zero-order chi connectivity index (χ0) is 18.4. The molecule has 1 aliphatic heterocycles. The second kappa shape index (κ2) is 8.71. The maximum Gasteiger partial charge on any atom is 0.234 e. The van der Waals surface area contributed by atoms with Crippen molar-refractivity contribution in [3.63, 3.8) is 0 Å². The highest BCUT2D eigenvalue weighted by Crippen LogP contribution is 2.31. The minimum atomic E-state index is -0.484. The van der Waals surface area contributed by atoms with Crippen LogP contribution in [0.3, 0.4) is 0 Å². The fourth-order valence-electron chi connectivity index (χ4n) is 2.71. The summed E-state index contributed by atoms with van der Waals surface area (Å²) in [5.74, 6) is 0.0542. The molecule has 0 saturated carbocycles. The highest BCUT2D eigenvalue weighted by atomic mass is 32.2. The Labute approximate surface area is 155 Å². The van der Waals surface area contributed by atoms with E-state index in [1.165, 1.54) is 23.9 Å². The lowest BCUT2D eigenvalue weighted by Crippen LogP contribution is -2.33. The van der Waals surface area contributed by atoms with Gasteiger partial charge in [0.15, 0.2) is 0 Å². The molecule has 136 valence electrons. The molecular weight excluding hydrogens is 355 g/mol. The zero-order valence-electron chi connectivity index (χ0n) is 14.0. The van der Waals surface area contributed by atoms with Crippen LogP contribution in [0.1, 0.15) is 18.0 Å². The van der Waals surface area contributed by atoms with Crippen LogP contribution in [0.4, 0.5) is 10.1 Å². The Balaban J connectivity index is 1.44. The molecule has 0 aliphatic carbocycles. The second-order valence-corrected chi connectivity index (χ2v) is 6.80. The number of amides is 2. The maximum absolute atomic E-state index is 13.5. The molecule has 2 aromatic rings. The number of nitrogens with one attached hydrogen (secondary N) is 2. The molecule has 0 unspecified atom stereocenters. The summed E-state index contributed by atoms with van der Waals surface area (Å²) in [6.07, 6.45) is 0.710. The van der Waals surface area contributed by atoms with Crippen LogP contribution in [0.5, 0.6) is 5.75 Å². The van der Waals surface area contributed by atoms with Crippen LogP contribution >= 0.6 is 11.8 Å². The summed E-state index contributed by atoms with van der Waals surface area (Å²) < 4.78 is 19.1. The number of anilines is 1. The van der Waals surface area contributed by atoms with Crippen LogP contribution in [0.15, 0.2) is 48.5 Å². The summed E-state index contributed by atoms with van der Waals surface area (Å²) >= 11 is 1.19. The molecule has 0 spiro atoms. The number of hydrogen-bond donors (Lipinski definition) is 2. The Kier molecular flexibility index (Phi) is 6.12. The fraction of sp³-hybridized carbons (Fsp3) is 0.263. The van der Waals surface area contributed by atoms with E-state index in [0.29, 0.717) is 13.0 Å². The van der Waals surface area contributed by atoms with Gasteiger partial charge in [0.2, 0.25) is 11.8 Å². The number of rotatable bonds is 6. The lowest BCUT2D eigenvalue weighted by molar-refractivity contribution is -0.119. The largest absolute Gasteiger partial charge is 0.493 e. The molecule has 0 aromatic heterocycles.